The van der Waals surface area contributed by atoms with Crippen molar-refractivity contribution >= 4 is 17.3 Å². The first-order valence-corrected chi connectivity index (χ1v) is 7.65. The Kier molecular flexibility index (Phi) is 5.52. The Morgan fingerprint density at radius 1 is 1.21 bits per heavy atom. The number of benzene rings is 2. The molecule has 6 heteroatoms. The second kappa shape index (κ2) is 7.59. The van der Waals surface area contributed by atoms with Crippen LogP contribution in [0.25, 0.3) is 0 Å². The van der Waals surface area contributed by atoms with E-state index >= 15 is 0 Å². The van der Waals surface area contributed by atoms with E-state index in [4.69, 9.17) is 4.74 Å². The van der Waals surface area contributed by atoms with Gasteiger partial charge in [0.1, 0.15) is 0 Å². The third-order valence-corrected chi connectivity index (χ3v) is 3.48. The van der Waals surface area contributed by atoms with Gasteiger partial charge in [-0.1, -0.05) is 24.3 Å². The van der Waals surface area contributed by atoms with Crippen molar-refractivity contribution in [2.45, 2.75) is 26.8 Å². The standard InChI is InChI=1S/C18H20N2O4/c1-13(2)19(15-7-5-4-6-8-15)18(21)12-24-17-10-9-14(3)11-16(17)20(22)23/h4-11,13H,12H2,1-3H3. The van der Waals surface area contributed by atoms with E-state index in [1.807, 2.05) is 44.2 Å². The highest BCUT2D eigenvalue weighted by Crippen LogP contribution is 2.28. The summed E-state index contributed by atoms with van der Waals surface area (Å²) in [5, 5.41) is 11.1. The summed E-state index contributed by atoms with van der Waals surface area (Å²) in [6, 6.07) is 13.9. The molecule has 126 valence electrons. The zero-order chi connectivity index (χ0) is 17.7. The van der Waals surface area contributed by atoms with Crippen LogP contribution < -0.4 is 9.64 Å². The van der Waals surface area contributed by atoms with Crippen molar-refractivity contribution in [2.75, 3.05) is 11.5 Å². The lowest BCUT2D eigenvalue weighted by Crippen LogP contribution is -2.40. The fourth-order valence-electron chi connectivity index (χ4n) is 2.42. The number of amides is 1. The lowest BCUT2D eigenvalue weighted by atomic mass is 10.2. The van der Waals surface area contributed by atoms with Crippen molar-refractivity contribution in [3.8, 4) is 5.75 Å². The van der Waals surface area contributed by atoms with Crippen molar-refractivity contribution < 1.29 is 14.5 Å². The number of hydrogen-bond donors (Lipinski definition) is 0. The minimum absolute atomic E-state index is 0.0588. The summed E-state index contributed by atoms with van der Waals surface area (Å²) in [6.45, 7) is 5.30. The van der Waals surface area contributed by atoms with E-state index in [0.717, 1.165) is 11.3 Å². The topological polar surface area (TPSA) is 72.7 Å². The molecule has 0 fully saturated rings. The number of carbonyl (C=O) groups excluding carboxylic acids is 1. The second-order valence-electron chi connectivity index (χ2n) is 5.71. The van der Waals surface area contributed by atoms with Crippen molar-refractivity contribution in [3.63, 3.8) is 0 Å². The van der Waals surface area contributed by atoms with Gasteiger partial charge in [-0.2, -0.15) is 0 Å². The molecule has 0 N–H and O–H groups in total. The Morgan fingerprint density at radius 2 is 1.88 bits per heavy atom. The molecule has 0 aromatic heterocycles. The van der Waals surface area contributed by atoms with E-state index in [2.05, 4.69) is 0 Å². The van der Waals surface area contributed by atoms with Crippen LogP contribution in [0.5, 0.6) is 5.75 Å². The number of ether oxygens (including phenoxy) is 1. The second-order valence-corrected chi connectivity index (χ2v) is 5.71. The normalized spacial score (nSPS) is 10.5. The van der Waals surface area contributed by atoms with Gasteiger partial charge in [-0.15, -0.1) is 0 Å². The molecular formula is C18H20N2O4. The van der Waals surface area contributed by atoms with Gasteiger partial charge in [-0.25, -0.2) is 0 Å². The molecule has 0 aliphatic rings. The average molecular weight is 328 g/mol. The first kappa shape index (κ1) is 17.5. The Hall–Kier alpha value is -2.89. The van der Waals surface area contributed by atoms with Crippen LogP contribution in [0.3, 0.4) is 0 Å². The molecule has 0 saturated carbocycles. The molecule has 0 aliphatic carbocycles. The summed E-state index contributed by atoms with van der Waals surface area (Å²) in [6.07, 6.45) is 0. The van der Waals surface area contributed by atoms with Crippen molar-refractivity contribution in [1.29, 1.82) is 0 Å². The third-order valence-electron chi connectivity index (χ3n) is 3.48. The lowest BCUT2D eigenvalue weighted by Gasteiger charge is -2.26. The van der Waals surface area contributed by atoms with Gasteiger partial charge in [0.25, 0.3) is 5.91 Å². The number of nitro groups is 1. The molecule has 1 amide bonds. The van der Waals surface area contributed by atoms with Crippen LogP contribution in [0, 0.1) is 17.0 Å². The Balaban J connectivity index is 2.16. The number of hydrogen-bond acceptors (Lipinski definition) is 4. The first-order chi connectivity index (χ1) is 11.4. The highest BCUT2D eigenvalue weighted by Gasteiger charge is 2.21. The van der Waals surface area contributed by atoms with E-state index in [-0.39, 0.29) is 30.0 Å². The molecule has 2 aromatic rings. The van der Waals surface area contributed by atoms with Crippen LogP contribution in [-0.2, 0) is 4.79 Å². The predicted octanol–water partition coefficient (Wildman–Crippen LogP) is 3.72. The number of nitrogens with zero attached hydrogens (tertiary/aromatic N) is 2. The summed E-state index contributed by atoms with van der Waals surface area (Å²) in [4.78, 5) is 24.8. The van der Waals surface area contributed by atoms with Crippen LogP contribution in [0.15, 0.2) is 48.5 Å². The molecule has 0 atom stereocenters. The molecule has 2 aromatic carbocycles. The lowest BCUT2D eigenvalue weighted by molar-refractivity contribution is -0.385. The quantitative estimate of drug-likeness (QED) is 0.598. The number of rotatable bonds is 6. The number of anilines is 1. The van der Waals surface area contributed by atoms with E-state index in [1.54, 1.807) is 17.9 Å². The predicted molar refractivity (Wildman–Crippen MR) is 92.4 cm³/mol. The number of nitro benzene ring substituents is 1. The molecule has 6 nitrogen and oxygen atoms in total. The Bertz CT molecular complexity index is 729. The molecule has 0 spiro atoms. The van der Waals surface area contributed by atoms with Gasteiger partial charge in [-0.05, 0) is 44.5 Å². The molecule has 0 unspecified atom stereocenters. The first-order valence-electron chi connectivity index (χ1n) is 7.65. The van der Waals surface area contributed by atoms with E-state index in [9.17, 15) is 14.9 Å². The van der Waals surface area contributed by atoms with Gasteiger partial charge in [0.15, 0.2) is 12.4 Å². The molecule has 2 rings (SSSR count). The van der Waals surface area contributed by atoms with Crippen molar-refractivity contribution in [3.05, 3.63) is 64.2 Å². The molecule has 0 saturated heterocycles. The fraction of sp³-hybridized carbons (Fsp3) is 0.278. The van der Waals surface area contributed by atoms with Crippen LogP contribution in [0.4, 0.5) is 11.4 Å². The molecule has 0 aliphatic heterocycles. The summed E-state index contributed by atoms with van der Waals surface area (Å²) in [7, 11) is 0. The summed E-state index contributed by atoms with van der Waals surface area (Å²) in [5.74, 6) is -0.165. The van der Waals surface area contributed by atoms with Crippen molar-refractivity contribution in [1.82, 2.24) is 0 Å². The fourth-order valence-corrected chi connectivity index (χ4v) is 2.42. The molecule has 24 heavy (non-hydrogen) atoms. The smallest absolute Gasteiger partial charge is 0.311 e. The molecular weight excluding hydrogens is 308 g/mol. The minimum atomic E-state index is -0.510. The number of aryl methyl sites for hydroxylation is 1. The zero-order valence-corrected chi connectivity index (χ0v) is 13.9. The molecule has 0 radical (unpaired) electrons. The number of carbonyl (C=O) groups is 1. The zero-order valence-electron chi connectivity index (χ0n) is 13.9. The van der Waals surface area contributed by atoms with Gasteiger partial charge in [-0.3, -0.25) is 14.9 Å². The van der Waals surface area contributed by atoms with Gasteiger partial charge < -0.3 is 9.64 Å². The van der Waals surface area contributed by atoms with Crippen LogP contribution in [0.1, 0.15) is 19.4 Å². The largest absolute Gasteiger partial charge is 0.477 e. The average Bonchev–Trinajstić information content (AvgIpc) is 2.54. The van der Waals surface area contributed by atoms with Gasteiger partial charge in [0, 0.05) is 17.8 Å². The molecule has 0 bridgehead atoms. The van der Waals surface area contributed by atoms with Crippen LogP contribution in [-0.4, -0.2) is 23.5 Å². The van der Waals surface area contributed by atoms with Gasteiger partial charge >= 0.3 is 5.69 Å². The highest BCUT2D eigenvalue weighted by atomic mass is 16.6. The van der Waals surface area contributed by atoms with E-state index in [0.29, 0.717) is 0 Å². The Morgan fingerprint density at radius 3 is 2.46 bits per heavy atom. The van der Waals surface area contributed by atoms with Crippen LogP contribution in [0.2, 0.25) is 0 Å². The summed E-state index contributed by atoms with van der Waals surface area (Å²) in [5.41, 5.74) is 1.38. The van der Waals surface area contributed by atoms with E-state index in [1.165, 1.54) is 12.1 Å². The van der Waals surface area contributed by atoms with Gasteiger partial charge in [0.2, 0.25) is 0 Å². The Labute approximate surface area is 140 Å². The monoisotopic (exact) mass is 328 g/mol. The maximum Gasteiger partial charge on any atom is 0.311 e. The van der Waals surface area contributed by atoms with Crippen LogP contribution >= 0.6 is 0 Å². The third kappa shape index (κ3) is 4.10. The molecule has 0 heterocycles. The highest BCUT2D eigenvalue weighted by molar-refractivity contribution is 5.95. The maximum absolute atomic E-state index is 12.5. The summed E-state index contributed by atoms with van der Waals surface area (Å²) < 4.78 is 5.43. The van der Waals surface area contributed by atoms with Gasteiger partial charge in [0.05, 0.1) is 4.92 Å². The minimum Gasteiger partial charge on any atom is -0.477 e. The van der Waals surface area contributed by atoms with Crippen molar-refractivity contribution in [2.24, 2.45) is 0 Å². The summed E-state index contributed by atoms with van der Waals surface area (Å²) >= 11 is 0. The number of para-hydroxylation sites is 1. The SMILES string of the molecule is Cc1ccc(OCC(=O)N(c2ccccc2)C(C)C)c([N+](=O)[O-])c1. The van der Waals surface area contributed by atoms with E-state index < -0.39 is 4.92 Å². The maximum atomic E-state index is 12.5.